The number of nitrogens with zero attached hydrogens (tertiary/aromatic N) is 1. The number of nitrogens with one attached hydrogen (secondary N) is 1. The summed E-state index contributed by atoms with van der Waals surface area (Å²) in [5.74, 6) is -1.80. The third kappa shape index (κ3) is 9.00. The second-order valence-electron chi connectivity index (χ2n) is 17.2. The predicted octanol–water partition coefficient (Wildman–Crippen LogP) is 9.42. The summed E-state index contributed by atoms with van der Waals surface area (Å²) < 4.78 is 11.0. The molecule has 11 heteroatoms. The van der Waals surface area contributed by atoms with Gasteiger partial charge in [-0.25, -0.2) is 9.59 Å². The van der Waals surface area contributed by atoms with Gasteiger partial charge >= 0.3 is 11.9 Å². The first-order chi connectivity index (χ1) is 28.7. The lowest BCUT2D eigenvalue weighted by molar-refractivity contribution is 0.0517. The van der Waals surface area contributed by atoms with Crippen LogP contribution in [0.1, 0.15) is 170 Å². The first kappa shape index (κ1) is 41.9. The SMILES string of the molecule is CC1(C)CCC(CC2CCC(N3C(=O)c4ccc(C(=O)Oc5ccc(C(=O)c6ccc(OC(=O)c7ccc8c(c7)C(=O)NC8=O)cc6)cc5)cc4C3=O)CC2)CC1.CCC. The van der Waals surface area contributed by atoms with Crippen LogP contribution in [0, 0.1) is 17.3 Å². The van der Waals surface area contributed by atoms with Gasteiger partial charge in [-0.1, -0.05) is 34.1 Å². The fraction of sp³-hybridized carbons (Fsp3) is 0.367. The summed E-state index contributed by atoms with van der Waals surface area (Å²) in [6.45, 7) is 8.97. The van der Waals surface area contributed by atoms with Crippen LogP contribution in [0.3, 0.4) is 0 Å². The molecule has 4 aromatic rings. The Hall–Kier alpha value is -6.23. The van der Waals surface area contributed by atoms with Gasteiger partial charge in [0.1, 0.15) is 11.5 Å². The van der Waals surface area contributed by atoms with Gasteiger partial charge < -0.3 is 9.47 Å². The number of benzene rings is 4. The van der Waals surface area contributed by atoms with Gasteiger partial charge in [-0.2, -0.15) is 0 Å². The number of ketones is 1. The third-order valence-electron chi connectivity index (χ3n) is 12.1. The molecule has 0 aromatic heterocycles. The Morgan fingerprint density at radius 1 is 0.583 bits per heavy atom. The largest absolute Gasteiger partial charge is 0.423 e. The van der Waals surface area contributed by atoms with E-state index in [-0.39, 0.29) is 63.0 Å². The van der Waals surface area contributed by atoms with Crippen molar-refractivity contribution in [3.05, 3.63) is 129 Å². The average molecular weight is 811 g/mol. The maximum atomic E-state index is 13.6. The Labute approximate surface area is 349 Å². The van der Waals surface area contributed by atoms with Gasteiger partial charge in [0.15, 0.2) is 5.78 Å². The molecule has 4 aliphatic rings. The van der Waals surface area contributed by atoms with Crippen LogP contribution in [0.4, 0.5) is 0 Å². The zero-order chi connectivity index (χ0) is 42.7. The first-order valence-corrected chi connectivity index (χ1v) is 21.0. The van der Waals surface area contributed by atoms with E-state index in [9.17, 15) is 33.6 Å². The van der Waals surface area contributed by atoms with Crippen LogP contribution in [0.2, 0.25) is 0 Å². The lowest BCUT2D eigenvalue weighted by Crippen LogP contribution is -2.42. The molecule has 60 heavy (non-hydrogen) atoms. The van der Waals surface area contributed by atoms with Crippen LogP contribution in [0.25, 0.3) is 0 Å². The highest BCUT2D eigenvalue weighted by atomic mass is 16.5. The summed E-state index contributed by atoms with van der Waals surface area (Å²) in [7, 11) is 0. The van der Waals surface area contributed by atoms with E-state index < -0.39 is 23.8 Å². The fourth-order valence-electron chi connectivity index (χ4n) is 8.67. The minimum atomic E-state index is -0.738. The topological polar surface area (TPSA) is 153 Å². The molecular formula is C49H50N2O9. The first-order valence-electron chi connectivity index (χ1n) is 21.0. The van der Waals surface area contributed by atoms with Crippen molar-refractivity contribution in [1.82, 2.24) is 10.2 Å². The highest BCUT2D eigenvalue weighted by molar-refractivity contribution is 6.23. The summed E-state index contributed by atoms with van der Waals surface area (Å²) in [6.07, 6.45) is 11.2. The molecule has 11 nitrogen and oxygen atoms in total. The fourth-order valence-corrected chi connectivity index (χ4v) is 8.67. The molecule has 4 aromatic carbocycles. The highest BCUT2D eigenvalue weighted by Crippen LogP contribution is 2.43. The predicted molar refractivity (Wildman–Crippen MR) is 223 cm³/mol. The van der Waals surface area contributed by atoms with Crippen molar-refractivity contribution < 1.29 is 43.0 Å². The number of hydrogen-bond donors (Lipinski definition) is 1. The molecule has 4 amide bonds. The van der Waals surface area contributed by atoms with E-state index in [1.807, 2.05) is 0 Å². The smallest absolute Gasteiger partial charge is 0.343 e. The maximum absolute atomic E-state index is 13.6. The summed E-state index contributed by atoms with van der Waals surface area (Å²) in [4.78, 5) is 91.2. The second-order valence-corrected chi connectivity index (χ2v) is 17.2. The Balaban J connectivity index is 0.00000176. The minimum absolute atomic E-state index is 0.0857. The van der Waals surface area contributed by atoms with E-state index in [2.05, 4.69) is 33.0 Å². The number of amides is 4. The Morgan fingerprint density at radius 3 is 1.55 bits per heavy atom. The van der Waals surface area contributed by atoms with Crippen molar-refractivity contribution >= 4 is 41.4 Å². The molecule has 0 spiro atoms. The highest BCUT2D eigenvalue weighted by Gasteiger charge is 2.42. The summed E-state index contributed by atoms with van der Waals surface area (Å²) in [5.41, 5.74) is 2.08. The van der Waals surface area contributed by atoms with Crippen LogP contribution in [-0.4, -0.2) is 52.3 Å². The normalized spacial score (nSPS) is 19.4. The maximum Gasteiger partial charge on any atom is 0.343 e. The molecule has 1 N–H and O–H groups in total. The molecule has 310 valence electrons. The molecular weight excluding hydrogens is 761 g/mol. The van der Waals surface area contributed by atoms with E-state index in [0.717, 1.165) is 31.6 Å². The van der Waals surface area contributed by atoms with Crippen molar-refractivity contribution in [3.63, 3.8) is 0 Å². The van der Waals surface area contributed by atoms with Crippen molar-refractivity contribution in [2.24, 2.45) is 17.3 Å². The standard InChI is InChI=1S/C46H42N2O9.C3H8/c1-46(2)21-19-27(20-22-46)23-26-3-11-32(12-4-26)48-42(52)36-18-10-31(25-38(36)43(48)53)45(55)57-34-15-7-29(8-16-34)39(49)28-5-13-33(14-6-28)56-44(54)30-9-17-35-37(24-30)41(51)47-40(35)50;1-3-2/h5-10,13-18,24-27,32H,3-4,11-12,19-23H2,1-2H3,(H,47,50,51);3H2,1-2H3. The molecule has 2 fully saturated rings. The van der Waals surface area contributed by atoms with E-state index in [0.29, 0.717) is 28.0 Å². The molecule has 2 saturated carbocycles. The average Bonchev–Trinajstić information content (AvgIpc) is 3.67. The molecule has 2 aliphatic heterocycles. The van der Waals surface area contributed by atoms with Crippen molar-refractivity contribution in [3.8, 4) is 11.5 Å². The van der Waals surface area contributed by atoms with Gasteiger partial charge in [-0.15, -0.1) is 0 Å². The molecule has 0 radical (unpaired) electrons. The summed E-state index contributed by atoms with van der Waals surface area (Å²) in [5, 5.41) is 2.17. The molecule has 0 unspecified atom stereocenters. The van der Waals surface area contributed by atoms with E-state index in [4.69, 9.17) is 9.47 Å². The van der Waals surface area contributed by atoms with E-state index in [1.54, 1.807) is 0 Å². The molecule has 2 heterocycles. The molecule has 2 aliphatic carbocycles. The van der Waals surface area contributed by atoms with Crippen LogP contribution in [-0.2, 0) is 0 Å². The van der Waals surface area contributed by atoms with Gasteiger partial charge in [0.25, 0.3) is 23.6 Å². The third-order valence-corrected chi connectivity index (χ3v) is 12.1. The van der Waals surface area contributed by atoms with Gasteiger partial charge in [-0.3, -0.25) is 34.2 Å². The van der Waals surface area contributed by atoms with Crippen LogP contribution in [0.5, 0.6) is 11.5 Å². The van der Waals surface area contributed by atoms with Crippen molar-refractivity contribution in [2.45, 2.75) is 97.9 Å². The lowest BCUT2D eigenvalue weighted by Gasteiger charge is -2.38. The number of carbonyl (C=O) groups excluding carboxylic acids is 7. The quantitative estimate of drug-likeness (QED) is 0.0754. The zero-order valence-electron chi connectivity index (χ0n) is 34.5. The summed E-state index contributed by atoms with van der Waals surface area (Å²) >= 11 is 0. The van der Waals surface area contributed by atoms with Gasteiger partial charge in [0.05, 0.1) is 33.4 Å². The van der Waals surface area contributed by atoms with Crippen LogP contribution < -0.4 is 14.8 Å². The Kier molecular flexibility index (Phi) is 12.3. The number of ether oxygens (including phenoxy) is 2. The van der Waals surface area contributed by atoms with Gasteiger partial charge in [0, 0.05) is 17.2 Å². The van der Waals surface area contributed by atoms with Crippen molar-refractivity contribution in [2.75, 3.05) is 0 Å². The number of esters is 2. The van der Waals surface area contributed by atoms with Crippen molar-refractivity contribution in [1.29, 1.82) is 0 Å². The monoisotopic (exact) mass is 810 g/mol. The van der Waals surface area contributed by atoms with Gasteiger partial charge in [0.2, 0.25) is 0 Å². The van der Waals surface area contributed by atoms with E-state index >= 15 is 0 Å². The number of fused-ring (bicyclic) bond motifs is 2. The van der Waals surface area contributed by atoms with Crippen LogP contribution in [0.15, 0.2) is 84.9 Å². The number of carbonyl (C=O) groups is 7. The lowest BCUT2D eigenvalue weighted by atomic mass is 9.69. The Bertz CT molecular complexity index is 2340. The summed E-state index contributed by atoms with van der Waals surface area (Å²) in [6, 6.07) is 20.3. The molecule has 0 bridgehead atoms. The van der Waals surface area contributed by atoms with E-state index in [1.165, 1.54) is 128 Å². The molecule has 0 atom stereocenters. The second kappa shape index (κ2) is 17.6. The molecule has 0 saturated heterocycles. The Morgan fingerprint density at radius 2 is 1.02 bits per heavy atom. The molecule has 8 rings (SSSR count). The number of rotatable bonds is 9. The number of hydrogen-bond acceptors (Lipinski definition) is 9. The minimum Gasteiger partial charge on any atom is -0.423 e. The van der Waals surface area contributed by atoms with Gasteiger partial charge in [-0.05, 0) is 160 Å². The number of imide groups is 2. The zero-order valence-corrected chi connectivity index (χ0v) is 34.5. The van der Waals surface area contributed by atoms with Crippen LogP contribution >= 0.6 is 0 Å².